The molecule has 0 aromatic carbocycles. The van der Waals surface area contributed by atoms with Crippen LogP contribution in [0.25, 0.3) is 0 Å². The molecule has 2 aliphatic rings. The number of hydrogen-bond donors (Lipinski definition) is 2. The minimum atomic E-state index is -5.01. The number of aliphatic hydroxyl groups is 1. The van der Waals surface area contributed by atoms with Crippen LogP contribution in [0, 0.1) is 17.8 Å². The van der Waals surface area contributed by atoms with E-state index in [0.717, 1.165) is 38.2 Å². The van der Waals surface area contributed by atoms with Gasteiger partial charge in [0.1, 0.15) is 11.0 Å². The van der Waals surface area contributed by atoms with Crippen molar-refractivity contribution in [2.75, 3.05) is 38.1 Å². The Hall–Kier alpha value is -2.07. The fraction of sp³-hybridized carbons (Fsp3) is 0.708. The molecule has 2 saturated heterocycles. The highest BCUT2D eigenvalue weighted by Crippen LogP contribution is 2.39. The molecule has 3 rings (SSSR count). The van der Waals surface area contributed by atoms with E-state index in [1.54, 1.807) is 12.1 Å². The highest BCUT2D eigenvalue weighted by atomic mass is 35.5. The van der Waals surface area contributed by atoms with Gasteiger partial charge in [0, 0.05) is 39.1 Å². The lowest BCUT2D eigenvalue weighted by molar-refractivity contribution is -0.269. The van der Waals surface area contributed by atoms with Crippen LogP contribution >= 0.6 is 11.6 Å². The molecule has 2 N–H and O–H groups in total. The Balaban J connectivity index is 1.49. The van der Waals surface area contributed by atoms with Gasteiger partial charge >= 0.3 is 6.18 Å². The third kappa shape index (κ3) is 5.85. The molecule has 1 atom stereocenters. The van der Waals surface area contributed by atoms with Crippen LogP contribution in [0.3, 0.4) is 0 Å². The van der Waals surface area contributed by atoms with Crippen molar-refractivity contribution in [3.05, 3.63) is 22.8 Å². The van der Waals surface area contributed by atoms with Gasteiger partial charge in [-0.1, -0.05) is 25.4 Å². The van der Waals surface area contributed by atoms with Gasteiger partial charge in [-0.15, -0.1) is 0 Å². The number of pyridine rings is 1. The summed E-state index contributed by atoms with van der Waals surface area (Å²) in [4.78, 5) is 32.1. The topological polar surface area (TPSA) is 85.8 Å². The normalized spacial score (nSPS) is 20.1. The number of rotatable bonds is 6. The zero-order chi connectivity index (χ0) is 26.0. The first-order valence-corrected chi connectivity index (χ1v) is 12.5. The molecular weight excluding hydrogens is 485 g/mol. The summed E-state index contributed by atoms with van der Waals surface area (Å²) in [7, 11) is 1.53. The Morgan fingerprint density at radius 2 is 1.66 bits per heavy atom. The number of piperidine rings is 2. The van der Waals surface area contributed by atoms with E-state index in [-0.39, 0.29) is 24.1 Å². The second kappa shape index (κ2) is 10.9. The zero-order valence-corrected chi connectivity index (χ0v) is 21.1. The second-order valence-corrected chi connectivity index (χ2v) is 10.3. The van der Waals surface area contributed by atoms with E-state index >= 15 is 0 Å². The summed E-state index contributed by atoms with van der Waals surface area (Å²) in [5.41, 5.74) is -3.01. The third-order valence-electron chi connectivity index (χ3n) is 7.41. The Kier molecular flexibility index (Phi) is 8.57. The van der Waals surface area contributed by atoms with Crippen molar-refractivity contribution in [2.45, 2.75) is 57.7 Å². The van der Waals surface area contributed by atoms with Crippen molar-refractivity contribution in [1.82, 2.24) is 15.2 Å². The molecule has 0 aliphatic carbocycles. The molecule has 2 fully saturated rings. The molecule has 2 amide bonds. The van der Waals surface area contributed by atoms with E-state index in [1.807, 2.05) is 0 Å². The van der Waals surface area contributed by atoms with Crippen LogP contribution in [0.1, 0.15) is 56.3 Å². The van der Waals surface area contributed by atoms with Crippen LogP contribution in [0.2, 0.25) is 5.15 Å². The second-order valence-electron chi connectivity index (χ2n) is 9.91. The summed E-state index contributed by atoms with van der Waals surface area (Å²) in [5.74, 6) is -1.22. The highest BCUT2D eigenvalue weighted by Gasteiger charge is 2.62. The molecular formula is C24H34ClF3N4O3. The number of nitrogens with zero attached hydrogens (tertiary/aromatic N) is 3. The van der Waals surface area contributed by atoms with E-state index in [4.69, 9.17) is 11.6 Å². The molecule has 2 aliphatic heterocycles. The number of halogens is 4. The van der Waals surface area contributed by atoms with Gasteiger partial charge in [0.25, 0.3) is 11.8 Å². The third-order valence-corrected chi connectivity index (χ3v) is 7.69. The summed E-state index contributed by atoms with van der Waals surface area (Å²) in [6.07, 6.45) is -0.863. The van der Waals surface area contributed by atoms with Crippen LogP contribution < -0.4 is 10.2 Å². The van der Waals surface area contributed by atoms with Crippen molar-refractivity contribution in [3.8, 4) is 0 Å². The van der Waals surface area contributed by atoms with Crippen molar-refractivity contribution in [3.63, 3.8) is 0 Å². The first kappa shape index (κ1) is 27.5. The Labute approximate surface area is 209 Å². The number of likely N-dealkylation sites (tertiary alicyclic amines) is 1. The van der Waals surface area contributed by atoms with Crippen LogP contribution in [-0.4, -0.2) is 71.8 Å². The van der Waals surface area contributed by atoms with E-state index in [9.17, 15) is 27.9 Å². The first-order valence-electron chi connectivity index (χ1n) is 12.1. The molecule has 1 aromatic heterocycles. The van der Waals surface area contributed by atoms with Gasteiger partial charge in [0.15, 0.2) is 0 Å². The van der Waals surface area contributed by atoms with Crippen molar-refractivity contribution in [2.24, 2.45) is 17.8 Å². The van der Waals surface area contributed by atoms with Crippen molar-refractivity contribution < 1.29 is 27.9 Å². The van der Waals surface area contributed by atoms with Crippen LogP contribution in [0.5, 0.6) is 0 Å². The van der Waals surface area contributed by atoms with Crippen LogP contribution in [0.4, 0.5) is 19.0 Å². The monoisotopic (exact) mass is 518 g/mol. The molecule has 196 valence electrons. The standard InChI is InChI=1S/C24H34ClF3N4O3/c1-15(2)23(35,24(26,27)28)22(34)32-12-8-17(9-13-32)14-16-6-10-31(11-7-16)19-5-4-18(20(25)30-19)21(33)29-3/h4-5,15-17,35H,6-14H2,1-3H3,(H,29,33). The average Bonchev–Trinajstić information content (AvgIpc) is 2.82. The highest BCUT2D eigenvalue weighted by molar-refractivity contribution is 6.32. The molecule has 0 radical (unpaired) electrons. The van der Waals surface area contributed by atoms with Gasteiger partial charge in [-0.3, -0.25) is 9.59 Å². The lowest BCUT2D eigenvalue weighted by Gasteiger charge is -2.41. The maximum atomic E-state index is 13.5. The number of carbonyl (C=O) groups is 2. The van der Waals surface area contributed by atoms with Gasteiger partial charge in [-0.2, -0.15) is 13.2 Å². The van der Waals surface area contributed by atoms with Crippen LogP contribution in [0.15, 0.2) is 12.1 Å². The zero-order valence-electron chi connectivity index (χ0n) is 20.4. The largest absolute Gasteiger partial charge is 0.426 e. The summed E-state index contributed by atoms with van der Waals surface area (Å²) in [5, 5.41) is 12.9. The molecule has 0 spiro atoms. The number of anilines is 1. The molecule has 1 unspecified atom stereocenters. The molecule has 35 heavy (non-hydrogen) atoms. The SMILES string of the molecule is CNC(=O)c1ccc(N2CCC(CC3CCN(C(=O)C(O)(C(C)C)C(F)(F)F)CC3)CC2)nc1Cl. The van der Waals surface area contributed by atoms with E-state index in [2.05, 4.69) is 15.2 Å². The van der Waals surface area contributed by atoms with Gasteiger partial charge in [-0.05, 0) is 56.1 Å². The number of amides is 2. The maximum absolute atomic E-state index is 13.5. The quantitative estimate of drug-likeness (QED) is 0.558. The van der Waals surface area contributed by atoms with Gasteiger partial charge in [0.05, 0.1) is 5.56 Å². The van der Waals surface area contributed by atoms with E-state index in [0.29, 0.717) is 30.2 Å². The number of aromatic nitrogens is 1. The number of nitrogens with one attached hydrogen (secondary N) is 1. The predicted molar refractivity (Wildman–Crippen MR) is 127 cm³/mol. The van der Waals surface area contributed by atoms with Crippen molar-refractivity contribution in [1.29, 1.82) is 0 Å². The Morgan fingerprint density at radius 1 is 1.11 bits per heavy atom. The molecule has 1 aromatic rings. The Bertz CT molecular complexity index is 914. The lowest BCUT2D eigenvalue weighted by Crippen LogP contribution is -2.62. The van der Waals surface area contributed by atoms with Gasteiger partial charge in [0.2, 0.25) is 5.60 Å². The predicted octanol–water partition coefficient (Wildman–Crippen LogP) is 3.89. The molecule has 3 heterocycles. The lowest BCUT2D eigenvalue weighted by atomic mass is 9.82. The summed E-state index contributed by atoms with van der Waals surface area (Å²) in [6.45, 7) is 4.49. The summed E-state index contributed by atoms with van der Waals surface area (Å²) >= 11 is 6.18. The maximum Gasteiger partial charge on any atom is 0.426 e. The number of hydrogen-bond acceptors (Lipinski definition) is 5. The summed E-state index contributed by atoms with van der Waals surface area (Å²) in [6, 6.07) is 3.46. The fourth-order valence-corrected chi connectivity index (χ4v) is 5.32. The summed E-state index contributed by atoms with van der Waals surface area (Å²) < 4.78 is 40.4. The van der Waals surface area contributed by atoms with E-state index in [1.165, 1.54) is 25.8 Å². The minimum absolute atomic E-state index is 0.167. The fourth-order valence-electron chi connectivity index (χ4n) is 5.08. The molecule has 7 nitrogen and oxygen atoms in total. The number of carbonyl (C=O) groups excluding carboxylic acids is 2. The minimum Gasteiger partial charge on any atom is -0.372 e. The molecule has 0 saturated carbocycles. The van der Waals surface area contributed by atoms with Crippen molar-refractivity contribution >= 4 is 29.2 Å². The van der Waals surface area contributed by atoms with Gasteiger partial charge < -0.3 is 20.2 Å². The van der Waals surface area contributed by atoms with Crippen LogP contribution in [-0.2, 0) is 4.79 Å². The van der Waals surface area contributed by atoms with E-state index < -0.39 is 23.6 Å². The average molecular weight is 519 g/mol. The smallest absolute Gasteiger partial charge is 0.372 e. The number of alkyl halides is 3. The Morgan fingerprint density at radius 3 is 2.11 bits per heavy atom. The molecule has 11 heteroatoms. The van der Waals surface area contributed by atoms with Gasteiger partial charge in [-0.25, -0.2) is 4.98 Å². The molecule has 0 bridgehead atoms. The first-order chi connectivity index (χ1) is 16.4.